The molecule has 0 N–H and O–H groups in total. The Labute approximate surface area is 117 Å². The predicted molar refractivity (Wildman–Crippen MR) is 76.6 cm³/mol. The molecule has 0 atom stereocenters. The second-order valence-electron chi connectivity index (χ2n) is 6.65. The Balaban J connectivity index is 2.60. The first kappa shape index (κ1) is 16.0. The standard InChI is InChI=1S/C15H28N2O2/c1-11(2)13(18)16-7-9-17(10-8-16)14(19)15(5,6)12(3)4/h11-12H,7-10H2,1-6H3. The number of carbonyl (C=O) groups is 2. The number of hydrogen-bond acceptors (Lipinski definition) is 2. The van der Waals surface area contributed by atoms with Gasteiger partial charge in [0.2, 0.25) is 11.8 Å². The van der Waals surface area contributed by atoms with Crippen LogP contribution < -0.4 is 0 Å². The minimum Gasteiger partial charge on any atom is -0.339 e. The number of carbonyl (C=O) groups excluding carboxylic acids is 2. The van der Waals surface area contributed by atoms with Gasteiger partial charge in [-0.15, -0.1) is 0 Å². The van der Waals surface area contributed by atoms with Crippen molar-refractivity contribution >= 4 is 11.8 Å². The average Bonchev–Trinajstić information content (AvgIpc) is 2.36. The first-order chi connectivity index (χ1) is 8.67. The van der Waals surface area contributed by atoms with E-state index in [4.69, 9.17) is 0 Å². The van der Waals surface area contributed by atoms with Crippen LogP contribution in [0.2, 0.25) is 0 Å². The van der Waals surface area contributed by atoms with E-state index in [9.17, 15) is 9.59 Å². The average molecular weight is 268 g/mol. The first-order valence-electron chi connectivity index (χ1n) is 7.26. The van der Waals surface area contributed by atoms with Crippen molar-refractivity contribution in [2.24, 2.45) is 17.3 Å². The van der Waals surface area contributed by atoms with Crippen molar-refractivity contribution < 1.29 is 9.59 Å². The third-order valence-electron chi connectivity index (χ3n) is 4.37. The lowest BCUT2D eigenvalue weighted by Crippen LogP contribution is -2.54. The van der Waals surface area contributed by atoms with Crippen LogP contribution in [0.1, 0.15) is 41.5 Å². The lowest BCUT2D eigenvalue weighted by Gasteiger charge is -2.40. The van der Waals surface area contributed by atoms with Crippen molar-refractivity contribution in [1.82, 2.24) is 9.80 Å². The summed E-state index contributed by atoms with van der Waals surface area (Å²) in [5.41, 5.74) is -0.329. The lowest BCUT2D eigenvalue weighted by molar-refractivity contribution is -0.148. The fourth-order valence-electron chi connectivity index (χ4n) is 2.15. The Bertz CT molecular complexity index is 340. The smallest absolute Gasteiger partial charge is 0.228 e. The fourth-order valence-corrected chi connectivity index (χ4v) is 2.15. The van der Waals surface area contributed by atoms with E-state index in [-0.39, 0.29) is 23.1 Å². The molecule has 0 bridgehead atoms. The molecule has 1 aliphatic rings. The van der Waals surface area contributed by atoms with Crippen LogP contribution in [0.15, 0.2) is 0 Å². The zero-order valence-corrected chi connectivity index (χ0v) is 13.2. The summed E-state index contributed by atoms with van der Waals surface area (Å²) >= 11 is 0. The van der Waals surface area contributed by atoms with Gasteiger partial charge in [0.05, 0.1) is 0 Å². The normalized spacial score (nSPS) is 17.3. The van der Waals surface area contributed by atoms with Crippen molar-refractivity contribution in [1.29, 1.82) is 0 Å². The van der Waals surface area contributed by atoms with Crippen LogP contribution in [0.3, 0.4) is 0 Å². The molecule has 2 amide bonds. The molecule has 1 rings (SSSR count). The van der Waals surface area contributed by atoms with Gasteiger partial charge >= 0.3 is 0 Å². The molecule has 4 nitrogen and oxygen atoms in total. The fraction of sp³-hybridized carbons (Fsp3) is 0.867. The number of amides is 2. The van der Waals surface area contributed by atoms with Gasteiger partial charge in [-0.3, -0.25) is 9.59 Å². The van der Waals surface area contributed by atoms with E-state index >= 15 is 0 Å². The molecule has 19 heavy (non-hydrogen) atoms. The maximum atomic E-state index is 12.5. The van der Waals surface area contributed by atoms with E-state index in [1.165, 1.54) is 0 Å². The van der Waals surface area contributed by atoms with Crippen molar-refractivity contribution in [2.45, 2.75) is 41.5 Å². The highest BCUT2D eigenvalue weighted by atomic mass is 16.2. The molecule has 1 heterocycles. The molecule has 0 aliphatic carbocycles. The summed E-state index contributed by atoms with van der Waals surface area (Å²) in [6.45, 7) is 14.7. The minimum atomic E-state index is -0.329. The molecular formula is C15H28N2O2. The maximum Gasteiger partial charge on any atom is 0.228 e. The molecule has 4 heteroatoms. The van der Waals surface area contributed by atoms with Crippen LogP contribution in [0, 0.1) is 17.3 Å². The molecule has 0 unspecified atom stereocenters. The van der Waals surface area contributed by atoms with Crippen LogP contribution in [-0.4, -0.2) is 47.8 Å². The quantitative estimate of drug-likeness (QED) is 0.785. The van der Waals surface area contributed by atoms with Gasteiger partial charge in [-0.2, -0.15) is 0 Å². The predicted octanol–water partition coefficient (Wildman–Crippen LogP) is 2.00. The van der Waals surface area contributed by atoms with Crippen LogP contribution in [-0.2, 0) is 9.59 Å². The van der Waals surface area contributed by atoms with Gasteiger partial charge in [-0.1, -0.05) is 41.5 Å². The Morgan fingerprint density at radius 3 is 1.68 bits per heavy atom. The highest BCUT2D eigenvalue weighted by molar-refractivity contribution is 5.83. The topological polar surface area (TPSA) is 40.6 Å². The van der Waals surface area contributed by atoms with Crippen LogP contribution in [0.25, 0.3) is 0 Å². The summed E-state index contributed by atoms with van der Waals surface area (Å²) in [5.74, 6) is 0.749. The molecule has 0 radical (unpaired) electrons. The molecule has 0 spiro atoms. The molecule has 1 fully saturated rings. The SMILES string of the molecule is CC(C)C(=O)N1CCN(C(=O)C(C)(C)C(C)C)CC1. The number of rotatable bonds is 3. The van der Waals surface area contributed by atoms with Crippen molar-refractivity contribution in [3.63, 3.8) is 0 Å². The Morgan fingerprint density at radius 2 is 1.32 bits per heavy atom. The summed E-state index contributed by atoms with van der Waals surface area (Å²) in [5, 5.41) is 0. The lowest BCUT2D eigenvalue weighted by atomic mass is 9.79. The monoisotopic (exact) mass is 268 g/mol. The first-order valence-corrected chi connectivity index (χ1v) is 7.26. The van der Waals surface area contributed by atoms with Crippen LogP contribution in [0.5, 0.6) is 0 Å². The van der Waals surface area contributed by atoms with E-state index in [1.807, 2.05) is 37.5 Å². The summed E-state index contributed by atoms with van der Waals surface area (Å²) in [6, 6.07) is 0. The van der Waals surface area contributed by atoms with Gasteiger partial charge in [0.1, 0.15) is 0 Å². The second kappa shape index (κ2) is 5.93. The van der Waals surface area contributed by atoms with Gasteiger partial charge < -0.3 is 9.80 Å². The summed E-state index contributed by atoms with van der Waals surface area (Å²) < 4.78 is 0. The highest BCUT2D eigenvalue weighted by Crippen LogP contribution is 2.29. The molecule has 0 aromatic heterocycles. The van der Waals surface area contributed by atoms with E-state index < -0.39 is 0 Å². The zero-order valence-electron chi connectivity index (χ0n) is 13.2. The van der Waals surface area contributed by atoms with Gasteiger partial charge in [-0.05, 0) is 5.92 Å². The summed E-state index contributed by atoms with van der Waals surface area (Å²) in [7, 11) is 0. The van der Waals surface area contributed by atoms with Gasteiger partial charge in [0.15, 0.2) is 0 Å². The molecule has 0 aromatic carbocycles. The van der Waals surface area contributed by atoms with Crippen LogP contribution in [0.4, 0.5) is 0 Å². The Morgan fingerprint density at radius 1 is 0.895 bits per heavy atom. The third-order valence-corrected chi connectivity index (χ3v) is 4.37. The molecule has 0 aromatic rings. The molecule has 1 aliphatic heterocycles. The van der Waals surface area contributed by atoms with E-state index in [1.54, 1.807) is 0 Å². The van der Waals surface area contributed by atoms with Gasteiger partial charge in [-0.25, -0.2) is 0 Å². The molecular weight excluding hydrogens is 240 g/mol. The zero-order chi connectivity index (χ0) is 14.8. The highest BCUT2D eigenvalue weighted by Gasteiger charge is 2.36. The Kier molecular flexibility index (Phi) is 4.99. The molecule has 0 saturated carbocycles. The second-order valence-corrected chi connectivity index (χ2v) is 6.65. The van der Waals surface area contributed by atoms with Gasteiger partial charge in [0.25, 0.3) is 0 Å². The summed E-state index contributed by atoms with van der Waals surface area (Å²) in [4.78, 5) is 28.2. The van der Waals surface area contributed by atoms with E-state index in [2.05, 4.69) is 13.8 Å². The van der Waals surface area contributed by atoms with Crippen molar-refractivity contribution in [3.05, 3.63) is 0 Å². The van der Waals surface area contributed by atoms with E-state index in [0.717, 1.165) is 0 Å². The summed E-state index contributed by atoms with van der Waals surface area (Å²) in [6.07, 6.45) is 0. The van der Waals surface area contributed by atoms with Crippen LogP contribution >= 0.6 is 0 Å². The maximum absolute atomic E-state index is 12.5. The molecule has 1 saturated heterocycles. The number of nitrogens with zero attached hydrogens (tertiary/aromatic N) is 2. The number of piperazine rings is 1. The largest absolute Gasteiger partial charge is 0.339 e. The molecule has 110 valence electrons. The number of hydrogen-bond donors (Lipinski definition) is 0. The third kappa shape index (κ3) is 3.48. The van der Waals surface area contributed by atoms with Crippen molar-refractivity contribution in [3.8, 4) is 0 Å². The Hall–Kier alpha value is -1.06. The van der Waals surface area contributed by atoms with E-state index in [0.29, 0.717) is 32.1 Å². The van der Waals surface area contributed by atoms with Gasteiger partial charge in [0, 0.05) is 37.5 Å². The minimum absolute atomic E-state index is 0.0364. The van der Waals surface area contributed by atoms with Crippen molar-refractivity contribution in [2.75, 3.05) is 26.2 Å².